The van der Waals surface area contributed by atoms with Gasteiger partial charge in [-0.25, -0.2) is 0 Å². The molecule has 5 heteroatoms. The third-order valence-electron chi connectivity index (χ3n) is 2.14. The van der Waals surface area contributed by atoms with Crippen molar-refractivity contribution in [3.05, 3.63) is 23.8 Å². The normalized spacial score (nSPS) is 11.1. The molecule has 2 aromatic heterocycles. The number of H-pyrrole nitrogens is 1. The second-order valence-corrected chi connectivity index (χ2v) is 2.92. The Balaban J connectivity index is 2.60. The molecule has 0 unspecified atom stereocenters. The van der Waals surface area contributed by atoms with Crippen molar-refractivity contribution in [2.24, 2.45) is 0 Å². The first-order chi connectivity index (χ1) is 6.90. The van der Waals surface area contributed by atoms with Gasteiger partial charge in [-0.05, 0) is 12.1 Å². The molecule has 0 atom stereocenters. The van der Waals surface area contributed by atoms with Crippen LogP contribution in [0.3, 0.4) is 0 Å². The van der Waals surface area contributed by atoms with Crippen LogP contribution in [0.15, 0.2) is 22.6 Å². The highest BCUT2D eigenvalue weighted by Crippen LogP contribution is 2.26. The van der Waals surface area contributed by atoms with Crippen molar-refractivity contribution >= 4 is 28.5 Å². The van der Waals surface area contributed by atoms with Crippen molar-refractivity contribution in [3.63, 3.8) is 0 Å². The summed E-state index contributed by atoms with van der Waals surface area (Å²) in [5.74, 6) is 0. The maximum Gasteiger partial charge on any atom is 0.267 e. The fourth-order valence-corrected chi connectivity index (χ4v) is 1.51. The summed E-state index contributed by atoms with van der Waals surface area (Å²) in [6.07, 6.45) is 0.758. The van der Waals surface area contributed by atoms with Crippen molar-refractivity contribution < 1.29 is 9.21 Å². The molecule has 1 N–H and O–H groups in total. The number of fused-ring (bicyclic) bond motifs is 3. The molecular formula is C9H5N3O2. The van der Waals surface area contributed by atoms with E-state index in [0.29, 0.717) is 22.4 Å². The number of rotatable bonds is 1. The number of nitrogens with zero attached hydrogens (tertiary/aromatic N) is 2. The van der Waals surface area contributed by atoms with Crippen LogP contribution in [0, 0.1) is 0 Å². The molecule has 5 nitrogen and oxygen atoms in total. The lowest BCUT2D eigenvalue weighted by Gasteiger charge is -1.90. The van der Waals surface area contributed by atoms with Crippen LogP contribution in [-0.4, -0.2) is 21.7 Å². The zero-order chi connectivity index (χ0) is 9.54. The molecule has 68 valence electrons. The fraction of sp³-hybridized carbons (Fsp3) is 0. The average Bonchev–Trinajstić information content (AvgIpc) is 2.76. The average molecular weight is 187 g/mol. The summed E-state index contributed by atoms with van der Waals surface area (Å²) in [5, 5.41) is 11.0. The van der Waals surface area contributed by atoms with Gasteiger partial charge in [0, 0.05) is 0 Å². The van der Waals surface area contributed by atoms with Crippen LogP contribution in [-0.2, 0) is 0 Å². The van der Waals surface area contributed by atoms with Gasteiger partial charge in [0.15, 0.2) is 11.8 Å². The lowest BCUT2D eigenvalue weighted by molar-refractivity contribution is 0.112. The van der Waals surface area contributed by atoms with E-state index >= 15 is 0 Å². The summed E-state index contributed by atoms with van der Waals surface area (Å²) in [4.78, 5) is 10.7. The Labute approximate surface area is 77.7 Å². The molecule has 3 aromatic rings. The van der Waals surface area contributed by atoms with E-state index in [-0.39, 0.29) is 0 Å². The van der Waals surface area contributed by atoms with E-state index in [1.807, 2.05) is 6.07 Å². The molecule has 0 aliphatic heterocycles. The fourth-order valence-electron chi connectivity index (χ4n) is 1.51. The van der Waals surface area contributed by atoms with Crippen LogP contribution in [0.2, 0.25) is 0 Å². The van der Waals surface area contributed by atoms with Crippen molar-refractivity contribution in [1.29, 1.82) is 0 Å². The maximum atomic E-state index is 10.7. The zero-order valence-electron chi connectivity index (χ0n) is 7.02. The van der Waals surface area contributed by atoms with Crippen molar-refractivity contribution in [3.8, 4) is 0 Å². The van der Waals surface area contributed by atoms with E-state index < -0.39 is 0 Å². The Morgan fingerprint density at radius 3 is 3.14 bits per heavy atom. The molecule has 0 radical (unpaired) electrons. The summed E-state index contributed by atoms with van der Waals surface area (Å²) in [6.45, 7) is 0. The van der Waals surface area contributed by atoms with Gasteiger partial charge in [0.1, 0.15) is 5.58 Å². The number of carbonyl (C=O) groups is 1. The Bertz CT molecular complexity index is 623. The Hall–Kier alpha value is -2.17. The molecule has 0 aliphatic rings. The smallest absolute Gasteiger partial charge is 0.267 e. The number of para-hydroxylation sites is 1. The lowest BCUT2D eigenvalue weighted by atomic mass is 10.2. The number of hydrogen-bond acceptors (Lipinski definition) is 4. The summed E-state index contributed by atoms with van der Waals surface area (Å²) in [5.41, 5.74) is 2.14. The highest BCUT2D eigenvalue weighted by Gasteiger charge is 2.12. The summed E-state index contributed by atoms with van der Waals surface area (Å²) < 4.78 is 5.38. The monoisotopic (exact) mass is 187 g/mol. The third kappa shape index (κ3) is 0.756. The molecule has 0 saturated carbocycles. The maximum absolute atomic E-state index is 10.7. The SMILES string of the molecule is O=Cc1cccc2c1oc1n[nH]nc12. The van der Waals surface area contributed by atoms with Gasteiger partial charge in [0.25, 0.3) is 5.71 Å². The largest absolute Gasteiger partial charge is 0.434 e. The lowest BCUT2D eigenvalue weighted by Crippen LogP contribution is -1.79. The van der Waals surface area contributed by atoms with E-state index in [4.69, 9.17) is 4.42 Å². The Morgan fingerprint density at radius 1 is 1.36 bits per heavy atom. The minimum absolute atomic E-state index is 0.425. The summed E-state index contributed by atoms with van der Waals surface area (Å²) in [6, 6.07) is 5.33. The zero-order valence-corrected chi connectivity index (χ0v) is 7.02. The van der Waals surface area contributed by atoms with E-state index in [1.165, 1.54) is 0 Å². The predicted octanol–water partition coefficient (Wildman–Crippen LogP) is 1.52. The van der Waals surface area contributed by atoms with Gasteiger partial charge >= 0.3 is 0 Å². The molecule has 0 spiro atoms. The van der Waals surface area contributed by atoms with E-state index in [1.54, 1.807) is 12.1 Å². The number of aldehydes is 1. The molecule has 0 saturated heterocycles. The molecule has 0 amide bonds. The highest BCUT2D eigenvalue weighted by atomic mass is 16.3. The van der Waals surface area contributed by atoms with E-state index in [2.05, 4.69) is 15.4 Å². The van der Waals surface area contributed by atoms with E-state index in [9.17, 15) is 4.79 Å². The number of aromatic amines is 1. The Kier molecular flexibility index (Phi) is 1.25. The minimum Gasteiger partial charge on any atom is -0.434 e. The number of benzene rings is 1. The molecule has 14 heavy (non-hydrogen) atoms. The second-order valence-electron chi connectivity index (χ2n) is 2.92. The van der Waals surface area contributed by atoms with Crippen molar-refractivity contribution in [2.45, 2.75) is 0 Å². The highest BCUT2D eigenvalue weighted by molar-refractivity contribution is 6.06. The van der Waals surface area contributed by atoms with Crippen molar-refractivity contribution in [1.82, 2.24) is 15.4 Å². The van der Waals surface area contributed by atoms with Gasteiger partial charge in [-0.15, -0.1) is 5.10 Å². The molecule has 0 fully saturated rings. The van der Waals surface area contributed by atoms with Crippen LogP contribution >= 0.6 is 0 Å². The van der Waals surface area contributed by atoms with Gasteiger partial charge < -0.3 is 4.42 Å². The Morgan fingerprint density at radius 2 is 2.29 bits per heavy atom. The first kappa shape index (κ1) is 7.25. The van der Waals surface area contributed by atoms with Crippen molar-refractivity contribution in [2.75, 3.05) is 0 Å². The molecule has 0 bridgehead atoms. The number of carbonyl (C=O) groups excluding carboxylic acids is 1. The van der Waals surface area contributed by atoms with Crippen LogP contribution in [0.1, 0.15) is 10.4 Å². The number of hydrogen-bond donors (Lipinski definition) is 1. The molecule has 1 aromatic carbocycles. The van der Waals surface area contributed by atoms with Gasteiger partial charge in [0.05, 0.1) is 10.9 Å². The molecular weight excluding hydrogens is 182 g/mol. The molecule has 3 rings (SSSR count). The number of furan rings is 1. The van der Waals surface area contributed by atoms with Gasteiger partial charge in [-0.1, -0.05) is 6.07 Å². The van der Waals surface area contributed by atoms with Crippen LogP contribution in [0.4, 0.5) is 0 Å². The first-order valence-corrected chi connectivity index (χ1v) is 4.07. The summed E-state index contributed by atoms with van der Waals surface area (Å²) in [7, 11) is 0. The number of nitrogens with one attached hydrogen (secondary N) is 1. The quantitative estimate of drug-likeness (QED) is 0.586. The first-order valence-electron chi connectivity index (χ1n) is 4.07. The summed E-state index contributed by atoms with van der Waals surface area (Å²) >= 11 is 0. The molecule has 0 aliphatic carbocycles. The van der Waals surface area contributed by atoms with Gasteiger partial charge in [-0.3, -0.25) is 4.79 Å². The van der Waals surface area contributed by atoms with Crippen LogP contribution < -0.4 is 0 Å². The standard InChI is InChI=1S/C9H5N3O2/c13-4-5-2-1-3-6-7-9(11-12-10-7)14-8(5)6/h1-4H,(H,10,11,12). The van der Waals surface area contributed by atoms with Crippen LogP contribution in [0.5, 0.6) is 0 Å². The van der Waals surface area contributed by atoms with E-state index in [0.717, 1.165) is 11.7 Å². The third-order valence-corrected chi connectivity index (χ3v) is 2.14. The topological polar surface area (TPSA) is 71.8 Å². The van der Waals surface area contributed by atoms with Gasteiger partial charge in [0.2, 0.25) is 0 Å². The second kappa shape index (κ2) is 2.41. The predicted molar refractivity (Wildman–Crippen MR) is 49.0 cm³/mol. The van der Waals surface area contributed by atoms with Gasteiger partial charge in [-0.2, -0.15) is 10.3 Å². The molecule has 2 heterocycles. The number of aromatic nitrogens is 3. The minimum atomic E-state index is 0.425. The van der Waals surface area contributed by atoms with Crippen LogP contribution in [0.25, 0.3) is 22.2 Å².